The first-order valence-electron chi connectivity index (χ1n) is 16.9. The number of fused-ring (bicyclic) bond motifs is 1. The van der Waals surface area contributed by atoms with Gasteiger partial charge >= 0.3 is 41.8 Å². The lowest BCUT2D eigenvalue weighted by Gasteiger charge is -2.43. The first kappa shape index (κ1) is 43.0. The highest BCUT2D eigenvalue weighted by atomic mass is 16.7. The number of carbonyl (C=O) groups is 7. The molecule has 1 fully saturated rings. The van der Waals surface area contributed by atoms with Gasteiger partial charge in [-0.05, 0) is 25.1 Å². The van der Waals surface area contributed by atoms with Crippen molar-refractivity contribution in [1.82, 2.24) is 0 Å². The van der Waals surface area contributed by atoms with Gasteiger partial charge in [-0.15, -0.1) is 0 Å². The fourth-order valence-corrected chi connectivity index (χ4v) is 5.56. The lowest BCUT2D eigenvalue weighted by molar-refractivity contribution is -0.288. The van der Waals surface area contributed by atoms with Crippen molar-refractivity contribution in [2.24, 2.45) is 0 Å². The van der Waals surface area contributed by atoms with Crippen molar-refractivity contribution in [3.8, 4) is 40.1 Å². The fraction of sp³-hybridized carbons (Fsp3) is 0.368. The van der Waals surface area contributed by atoms with Crippen LogP contribution in [-0.4, -0.2) is 79.1 Å². The summed E-state index contributed by atoms with van der Waals surface area (Å²) >= 11 is 0. The number of ether oxygens (including phenoxy) is 10. The molecule has 4 rings (SSSR count). The molecule has 304 valence electrons. The van der Waals surface area contributed by atoms with Crippen LogP contribution in [0.15, 0.2) is 51.9 Å². The summed E-state index contributed by atoms with van der Waals surface area (Å²) in [5.41, 5.74) is -1.28. The summed E-state index contributed by atoms with van der Waals surface area (Å²) < 4.78 is 61.5. The lowest BCUT2D eigenvalue weighted by atomic mass is 9.98. The Hall–Kier alpha value is -6.76. The van der Waals surface area contributed by atoms with E-state index in [4.69, 9.17) is 51.8 Å². The predicted octanol–water partition coefficient (Wildman–Crippen LogP) is 3.61. The molecular weight excluding hydrogens is 760 g/mol. The minimum atomic E-state index is -1.93. The summed E-state index contributed by atoms with van der Waals surface area (Å²) in [6.45, 7) is 12.0. The Labute approximate surface area is 323 Å². The summed E-state index contributed by atoms with van der Waals surface area (Å²) in [6.07, 6.45) is -8.42. The normalized spacial score (nSPS) is 18.6. The highest BCUT2D eigenvalue weighted by molar-refractivity contribution is 5.90. The molecule has 0 spiro atoms. The quantitative estimate of drug-likeness (QED) is 0.104. The molecule has 2 heterocycles. The van der Waals surface area contributed by atoms with E-state index in [1.165, 1.54) is 37.3 Å². The Balaban J connectivity index is 2.08. The van der Waals surface area contributed by atoms with Gasteiger partial charge in [0.25, 0.3) is 0 Å². The van der Waals surface area contributed by atoms with Crippen LogP contribution in [0.4, 0.5) is 0 Å². The smallest absolute Gasteiger partial charge is 0.308 e. The van der Waals surface area contributed by atoms with Crippen LogP contribution in [0.25, 0.3) is 22.3 Å². The maximum Gasteiger partial charge on any atom is 0.308 e. The predicted molar refractivity (Wildman–Crippen MR) is 190 cm³/mol. The molecule has 1 saturated heterocycles. The number of rotatable bonds is 13. The van der Waals surface area contributed by atoms with Crippen molar-refractivity contribution in [1.29, 1.82) is 0 Å². The maximum atomic E-state index is 14.8. The third kappa shape index (κ3) is 11.2. The van der Waals surface area contributed by atoms with E-state index in [0.717, 1.165) is 48.5 Å². The fourth-order valence-electron chi connectivity index (χ4n) is 5.56. The van der Waals surface area contributed by atoms with Crippen molar-refractivity contribution in [3.05, 3.63) is 52.9 Å². The summed E-state index contributed by atoms with van der Waals surface area (Å²) in [5.74, 6) is -7.69. The Morgan fingerprint density at radius 1 is 0.632 bits per heavy atom. The summed E-state index contributed by atoms with van der Waals surface area (Å²) in [4.78, 5) is 99.7. The van der Waals surface area contributed by atoms with Crippen LogP contribution in [0.1, 0.15) is 55.4 Å². The molecule has 0 amide bonds. The molecule has 19 heteroatoms. The zero-order valence-electron chi connectivity index (χ0n) is 31.9. The molecule has 0 bridgehead atoms. The van der Waals surface area contributed by atoms with Gasteiger partial charge in [0.15, 0.2) is 29.5 Å². The summed E-state index contributed by atoms with van der Waals surface area (Å²) in [7, 11) is 0. The SMILES string of the molecule is C=C(C)Oc1cc(OC(C)=O)cc2oc(-c3ccc(OC(C)=O)c(OC(C)=O)c3)c(O[C@@H]3O[C@H](COC(C)=O)[C@H](OC(C)=O)[C@H](OC(C)=O)[C@H]3OC(C)=O)c(=O)c12. The molecule has 2 aromatic carbocycles. The van der Waals surface area contributed by atoms with E-state index in [9.17, 15) is 38.4 Å². The second-order valence-electron chi connectivity index (χ2n) is 12.3. The third-order valence-electron chi connectivity index (χ3n) is 7.33. The average Bonchev–Trinajstić information content (AvgIpc) is 3.06. The Morgan fingerprint density at radius 3 is 1.77 bits per heavy atom. The van der Waals surface area contributed by atoms with Gasteiger partial charge in [0, 0.05) is 66.2 Å². The molecule has 3 aromatic rings. The van der Waals surface area contributed by atoms with Crippen LogP contribution in [0.5, 0.6) is 28.7 Å². The van der Waals surface area contributed by atoms with Gasteiger partial charge in [-0.3, -0.25) is 38.4 Å². The van der Waals surface area contributed by atoms with E-state index in [1.807, 2.05) is 0 Å². The largest absolute Gasteiger partial charge is 0.463 e. The third-order valence-corrected chi connectivity index (χ3v) is 7.33. The number of hydrogen-bond donors (Lipinski definition) is 0. The topological polar surface area (TPSA) is 242 Å². The maximum absolute atomic E-state index is 14.8. The number of allylic oxidation sites excluding steroid dienone is 1. The average molecular weight is 799 g/mol. The molecule has 57 heavy (non-hydrogen) atoms. The molecule has 0 unspecified atom stereocenters. The van der Waals surface area contributed by atoms with E-state index < -0.39 is 96.0 Å². The molecule has 19 nitrogen and oxygen atoms in total. The molecule has 5 atom stereocenters. The van der Waals surface area contributed by atoms with Gasteiger partial charge in [-0.2, -0.15) is 0 Å². The van der Waals surface area contributed by atoms with Crippen molar-refractivity contribution in [2.75, 3.05) is 6.61 Å². The standard InChI is InChI=1S/C38H38O19/c1-16(2)48-28-13-25(49-18(4)40)14-29-31(28)32(46)35(33(55-29)24-10-11-26(50-19(5)41)27(12-24)51-20(6)42)57-38-37(54-23(9)45)36(53-22(8)44)34(52-21(7)43)30(56-38)15-47-17(3)39/h10-14,30,34,36-38H,1,15H2,2-9H3/t30-,34+,36+,37-,38+/m1/s1. The molecular formula is C38H38O19. The molecule has 0 N–H and O–H groups in total. The Bertz CT molecular complexity index is 2180. The van der Waals surface area contributed by atoms with Crippen LogP contribution in [-0.2, 0) is 57.2 Å². The van der Waals surface area contributed by atoms with Gasteiger partial charge < -0.3 is 51.8 Å². The van der Waals surface area contributed by atoms with E-state index in [2.05, 4.69) is 6.58 Å². The molecule has 0 radical (unpaired) electrons. The lowest BCUT2D eigenvalue weighted by Crippen LogP contribution is -2.63. The first-order chi connectivity index (χ1) is 26.7. The number of benzene rings is 2. The van der Waals surface area contributed by atoms with Gasteiger partial charge in [-0.25, -0.2) is 0 Å². The number of hydrogen-bond acceptors (Lipinski definition) is 19. The van der Waals surface area contributed by atoms with Crippen LogP contribution < -0.4 is 29.1 Å². The molecule has 1 aliphatic rings. The van der Waals surface area contributed by atoms with Crippen molar-refractivity contribution in [3.63, 3.8) is 0 Å². The second-order valence-corrected chi connectivity index (χ2v) is 12.3. The van der Waals surface area contributed by atoms with Crippen LogP contribution in [0.3, 0.4) is 0 Å². The summed E-state index contributed by atoms with van der Waals surface area (Å²) in [6, 6.07) is 6.11. The van der Waals surface area contributed by atoms with Crippen LogP contribution >= 0.6 is 0 Å². The van der Waals surface area contributed by atoms with E-state index >= 15 is 0 Å². The van der Waals surface area contributed by atoms with E-state index in [-0.39, 0.29) is 45.3 Å². The van der Waals surface area contributed by atoms with Crippen molar-refractivity contribution in [2.45, 2.75) is 86.1 Å². The number of carbonyl (C=O) groups excluding carboxylic acids is 7. The minimum Gasteiger partial charge on any atom is -0.463 e. The second kappa shape index (κ2) is 18.2. The summed E-state index contributed by atoms with van der Waals surface area (Å²) in [5, 5.41) is -0.296. The Morgan fingerprint density at radius 2 is 1.21 bits per heavy atom. The van der Waals surface area contributed by atoms with Gasteiger partial charge in [0.2, 0.25) is 23.6 Å². The van der Waals surface area contributed by atoms with Gasteiger partial charge in [-0.1, -0.05) is 6.58 Å². The molecule has 0 saturated carbocycles. The van der Waals surface area contributed by atoms with Gasteiger partial charge in [0.05, 0.1) is 5.76 Å². The van der Waals surface area contributed by atoms with Crippen molar-refractivity contribution < 1.29 is 85.3 Å². The minimum absolute atomic E-state index is 0.0537. The first-order valence-corrected chi connectivity index (χ1v) is 16.9. The highest BCUT2D eigenvalue weighted by Gasteiger charge is 2.54. The molecule has 1 aromatic heterocycles. The monoisotopic (exact) mass is 798 g/mol. The van der Waals surface area contributed by atoms with E-state index in [0.29, 0.717) is 0 Å². The van der Waals surface area contributed by atoms with E-state index in [1.54, 1.807) is 0 Å². The Kier molecular flexibility index (Phi) is 13.8. The zero-order valence-corrected chi connectivity index (χ0v) is 31.9. The van der Waals surface area contributed by atoms with Crippen LogP contribution in [0, 0.1) is 0 Å². The molecule has 0 aliphatic carbocycles. The van der Waals surface area contributed by atoms with Gasteiger partial charge in [0.1, 0.15) is 35.2 Å². The van der Waals surface area contributed by atoms with Crippen molar-refractivity contribution >= 4 is 52.8 Å². The highest BCUT2D eigenvalue weighted by Crippen LogP contribution is 2.41. The van der Waals surface area contributed by atoms with Crippen LogP contribution in [0.2, 0.25) is 0 Å². The number of esters is 7. The zero-order chi connectivity index (χ0) is 42.3. The molecule has 1 aliphatic heterocycles.